The van der Waals surface area contributed by atoms with E-state index in [4.69, 9.17) is 5.10 Å². The molecule has 1 aliphatic heterocycles. The van der Waals surface area contributed by atoms with Gasteiger partial charge in [0, 0.05) is 31.6 Å². The maximum Gasteiger partial charge on any atom is 0.135 e. The van der Waals surface area contributed by atoms with Gasteiger partial charge >= 0.3 is 0 Å². The molecule has 0 N–H and O–H groups in total. The maximum absolute atomic E-state index is 11.4. The predicted octanol–water partition coefficient (Wildman–Crippen LogP) is 3.05. The van der Waals surface area contributed by atoms with Gasteiger partial charge in [0.2, 0.25) is 0 Å². The number of nitrogens with zero attached hydrogens (tertiary/aromatic N) is 2. The largest absolute Gasteiger partial charge is 0.300 e. The fraction of sp³-hybridized carbons (Fsp3) is 0.500. The molecule has 0 aliphatic carbocycles. The summed E-state index contributed by atoms with van der Waals surface area (Å²) in [6.45, 7) is 3.68. The van der Waals surface area contributed by atoms with Crippen molar-refractivity contribution in [2.75, 3.05) is 13.1 Å². The third kappa shape index (κ3) is 4.86. The second kappa shape index (κ2) is 7.07. The molecule has 1 fully saturated rings. The summed E-state index contributed by atoms with van der Waals surface area (Å²) in [5, 5.41) is 6.83. The van der Waals surface area contributed by atoms with Gasteiger partial charge in [-0.15, -0.1) is 0 Å². The van der Waals surface area contributed by atoms with E-state index in [0.29, 0.717) is 6.42 Å². The Morgan fingerprint density at radius 2 is 1.84 bits per heavy atom. The van der Waals surface area contributed by atoms with Crippen LogP contribution in [0.5, 0.6) is 0 Å². The number of piperidine rings is 1. The molecule has 0 aromatic heterocycles. The van der Waals surface area contributed by atoms with E-state index in [1.807, 2.05) is 18.2 Å². The Labute approximate surface area is 115 Å². The second-order valence-corrected chi connectivity index (χ2v) is 5.22. The van der Waals surface area contributed by atoms with Gasteiger partial charge in [-0.25, -0.2) is 0 Å². The summed E-state index contributed by atoms with van der Waals surface area (Å²) in [6, 6.07) is 10.2. The van der Waals surface area contributed by atoms with Crippen LogP contribution in [0, 0.1) is 0 Å². The molecule has 19 heavy (non-hydrogen) atoms. The van der Waals surface area contributed by atoms with Crippen LogP contribution >= 0.6 is 0 Å². The molecule has 102 valence electrons. The number of carbonyl (C=O) groups excluding carboxylic acids is 1. The van der Waals surface area contributed by atoms with Crippen LogP contribution < -0.4 is 0 Å². The summed E-state index contributed by atoms with van der Waals surface area (Å²) >= 11 is 0. The summed E-state index contributed by atoms with van der Waals surface area (Å²) in [7, 11) is 0. The highest BCUT2D eigenvalue weighted by Gasteiger charge is 2.11. The average Bonchev–Trinajstić information content (AvgIpc) is 2.40. The van der Waals surface area contributed by atoms with Crippen molar-refractivity contribution in [3.05, 3.63) is 35.9 Å². The standard InChI is InChI=1S/C16H22N2O/c1-14(19)12-16(13-15-8-4-2-5-9-15)17-18-10-6-3-7-11-18/h2,4-5,8-9H,3,6-7,10-13H2,1H3/b17-16+. The van der Waals surface area contributed by atoms with Gasteiger partial charge < -0.3 is 0 Å². The molecule has 3 heteroatoms. The molecule has 0 radical (unpaired) electrons. The first kappa shape index (κ1) is 13.8. The fourth-order valence-electron chi connectivity index (χ4n) is 2.43. The van der Waals surface area contributed by atoms with Gasteiger partial charge in [-0.05, 0) is 31.7 Å². The van der Waals surface area contributed by atoms with Gasteiger partial charge in [0.05, 0.1) is 0 Å². The summed E-state index contributed by atoms with van der Waals surface area (Å²) in [6.07, 6.45) is 4.96. The minimum Gasteiger partial charge on any atom is -0.300 e. The topological polar surface area (TPSA) is 32.7 Å². The number of hydrazone groups is 1. The van der Waals surface area contributed by atoms with Crippen LogP contribution in [-0.4, -0.2) is 29.6 Å². The number of ketones is 1. The molecule has 1 aromatic carbocycles. The molecule has 1 aliphatic rings. The van der Waals surface area contributed by atoms with E-state index >= 15 is 0 Å². The van der Waals surface area contributed by atoms with Crippen LogP contribution in [0.4, 0.5) is 0 Å². The predicted molar refractivity (Wildman–Crippen MR) is 78.3 cm³/mol. The lowest BCUT2D eigenvalue weighted by Gasteiger charge is -2.24. The van der Waals surface area contributed by atoms with Crippen molar-refractivity contribution in [2.45, 2.75) is 39.0 Å². The number of hydrogen-bond acceptors (Lipinski definition) is 3. The third-order valence-electron chi connectivity index (χ3n) is 3.32. The molecule has 0 amide bonds. The summed E-state index contributed by atoms with van der Waals surface area (Å²) in [5.41, 5.74) is 2.21. The van der Waals surface area contributed by atoms with E-state index in [-0.39, 0.29) is 5.78 Å². The molecule has 1 saturated heterocycles. The Morgan fingerprint density at radius 3 is 2.47 bits per heavy atom. The quantitative estimate of drug-likeness (QED) is 0.760. The van der Waals surface area contributed by atoms with E-state index in [1.165, 1.54) is 24.8 Å². The lowest BCUT2D eigenvalue weighted by Crippen LogP contribution is -2.27. The number of hydrogen-bond donors (Lipinski definition) is 0. The zero-order valence-electron chi connectivity index (χ0n) is 11.6. The highest BCUT2D eigenvalue weighted by molar-refractivity contribution is 6.01. The summed E-state index contributed by atoms with van der Waals surface area (Å²) in [4.78, 5) is 11.4. The van der Waals surface area contributed by atoms with Crippen molar-refractivity contribution in [2.24, 2.45) is 5.10 Å². The van der Waals surface area contributed by atoms with Crippen LogP contribution in [0.2, 0.25) is 0 Å². The van der Waals surface area contributed by atoms with Crippen LogP contribution in [0.3, 0.4) is 0 Å². The van der Waals surface area contributed by atoms with Gasteiger partial charge in [-0.1, -0.05) is 30.3 Å². The molecular formula is C16H22N2O. The number of rotatable bonds is 5. The molecule has 0 bridgehead atoms. The van der Waals surface area contributed by atoms with E-state index in [1.54, 1.807) is 6.92 Å². The van der Waals surface area contributed by atoms with E-state index in [0.717, 1.165) is 25.2 Å². The second-order valence-electron chi connectivity index (χ2n) is 5.22. The van der Waals surface area contributed by atoms with Gasteiger partial charge in [0.25, 0.3) is 0 Å². The molecule has 3 nitrogen and oxygen atoms in total. The Balaban J connectivity index is 2.06. The van der Waals surface area contributed by atoms with Crippen molar-refractivity contribution < 1.29 is 4.79 Å². The summed E-state index contributed by atoms with van der Waals surface area (Å²) in [5.74, 6) is 0.187. The van der Waals surface area contributed by atoms with E-state index in [9.17, 15) is 4.79 Å². The SMILES string of the molecule is CC(=O)C/C(Cc1ccccc1)=N\N1CCCCC1. The molecule has 2 rings (SSSR count). The Kier molecular flexibility index (Phi) is 5.13. The number of Topliss-reactive ketones (excluding diaryl/α,β-unsaturated/α-hetero) is 1. The summed E-state index contributed by atoms with van der Waals surface area (Å²) < 4.78 is 0. The first-order chi connectivity index (χ1) is 9.24. The molecule has 1 aromatic rings. The van der Waals surface area contributed by atoms with Crippen LogP contribution in [-0.2, 0) is 11.2 Å². The first-order valence-corrected chi connectivity index (χ1v) is 7.09. The lowest BCUT2D eigenvalue weighted by atomic mass is 10.1. The van der Waals surface area contributed by atoms with Gasteiger partial charge in [0.15, 0.2) is 0 Å². The van der Waals surface area contributed by atoms with Crippen molar-refractivity contribution in [1.29, 1.82) is 0 Å². The lowest BCUT2D eigenvalue weighted by molar-refractivity contribution is -0.115. The molecular weight excluding hydrogens is 236 g/mol. The molecule has 0 unspecified atom stereocenters. The van der Waals surface area contributed by atoms with Crippen LogP contribution in [0.25, 0.3) is 0 Å². The first-order valence-electron chi connectivity index (χ1n) is 7.09. The molecule has 0 saturated carbocycles. The van der Waals surface area contributed by atoms with E-state index in [2.05, 4.69) is 17.1 Å². The Bertz CT molecular complexity index is 433. The van der Waals surface area contributed by atoms with Crippen molar-refractivity contribution in [3.63, 3.8) is 0 Å². The average molecular weight is 258 g/mol. The highest BCUT2D eigenvalue weighted by Crippen LogP contribution is 2.11. The number of benzene rings is 1. The molecule has 0 spiro atoms. The number of carbonyl (C=O) groups is 1. The zero-order valence-corrected chi connectivity index (χ0v) is 11.6. The molecule has 1 heterocycles. The zero-order chi connectivity index (χ0) is 13.5. The van der Waals surface area contributed by atoms with Gasteiger partial charge in [-0.3, -0.25) is 9.80 Å². The molecule has 0 atom stereocenters. The van der Waals surface area contributed by atoms with E-state index < -0.39 is 0 Å². The minimum atomic E-state index is 0.187. The van der Waals surface area contributed by atoms with Crippen molar-refractivity contribution in [3.8, 4) is 0 Å². The Hall–Kier alpha value is -1.64. The monoisotopic (exact) mass is 258 g/mol. The van der Waals surface area contributed by atoms with Crippen molar-refractivity contribution >= 4 is 11.5 Å². The van der Waals surface area contributed by atoms with Crippen molar-refractivity contribution in [1.82, 2.24) is 5.01 Å². The maximum atomic E-state index is 11.4. The minimum absolute atomic E-state index is 0.187. The van der Waals surface area contributed by atoms with Crippen LogP contribution in [0.1, 0.15) is 38.2 Å². The smallest absolute Gasteiger partial charge is 0.135 e. The van der Waals surface area contributed by atoms with Gasteiger partial charge in [0.1, 0.15) is 5.78 Å². The fourth-order valence-corrected chi connectivity index (χ4v) is 2.43. The third-order valence-corrected chi connectivity index (χ3v) is 3.32. The highest BCUT2D eigenvalue weighted by atomic mass is 16.1. The van der Waals surface area contributed by atoms with Crippen LogP contribution in [0.15, 0.2) is 35.4 Å². The van der Waals surface area contributed by atoms with Gasteiger partial charge in [-0.2, -0.15) is 5.10 Å². The normalized spacial score (nSPS) is 16.5. The Morgan fingerprint density at radius 1 is 1.16 bits per heavy atom.